The average Bonchev–Trinajstić information content (AvgIpc) is 2.37. The molecule has 1 saturated heterocycles. The first-order chi connectivity index (χ1) is 4.86. The molecule has 0 aromatic heterocycles. The quantitative estimate of drug-likeness (QED) is 0.504. The van der Waals surface area contributed by atoms with Gasteiger partial charge in [0.05, 0.1) is 0 Å². The molecule has 56 valence electrons. The van der Waals surface area contributed by atoms with E-state index in [0.717, 1.165) is 12.7 Å². The Bertz CT molecular complexity index is 137. The molecule has 1 atom stereocenters. The van der Waals surface area contributed by atoms with E-state index in [2.05, 4.69) is 4.84 Å². The molecule has 4 heteroatoms. The molecule has 1 heterocycles. The van der Waals surface area contributed by atoms with Gasteiger partial charge in [-0.15, -0.1) is 5.06 Å². The Morgan fingerprint density at radius 1 is 1.50 bits per heavy atom. The highest BCUT2D eigenvalue weighted by molar-refractivity contribution is 5.54. The molecule has 0 saturated carbocycles. The van der Waals surface area contributed by atoms with Crippen molar-refractivity contribution in [2.45, 2.75) is 6.42 Å². The second kappa shape index (κ2) is 3.31. The predicted octanol–water partition coefficient (Wildman–Crippen LogP) is -0.405. The fourth-order valence-corrected chi connectivity index (χ4v) is 1.02. The minimum Gasteiger partial charge on any atom is -0.371 e. The van der Waals surface area contributed by atoms with Crippen LogP contribution in [0.2, 0.25) is 0 Å². The van der Waals surface area contributed by atoms with Crippen LogP contribution in [0.15, 0.2) is 0 Å². The third-order valence-electron chi connectivity index (χ3n) is 1.57. The van der Waals surface area contributed by atoms with Gasteiger partial charge < -0.3 is 9.63 Å². The topological polar surface area (TPSA) is 46.6 Å². The molecule has 4 nitrogen and oxygen atoms in total. The van der Waals surface area contributed by atoms with Crippen molar-refractivity contribution in [2.75, 3.05) is 13.1 Å². The molecule has 0 aromatic rings. The van der Waals surface area contributed by atoms with Gasteiger partial charge in [-0.1, -0.05) is 0 Å². The zero-order valence-corrected chi connectivity index (χ0v) is 5.53. The fourth-order valence-electron chi connectivity index (χ4n) is 1.02. The van der Waals surface area contributed by atoms with Crippen molar-refractivity contribution in [3.63, 3.8) is 0 Å². The van der Waals surface area contributed by atoms with Gasteiger partial charge in [-0.05, 0) is 6.42 Å². The van der Waals surface area contributed by atoms with Crippen LogP contribution in [0.1, 0.15) is 6.42 Å². The molecular weight excluding hydrogens is 134 g/mol. The zero-order chi connectivity index (χ0) is 7.40. The van der Waals surface area contributed by atoms with Crippen LogP contribution >= 0.6 is 0 Å². The molecule has 10 heavy (non-hydrogen) atoms. The largest absolute Gasteiger partial charge is 0.371 e. The Labute approximate surface area is 58.7 Å². The number of rotatable bonds is 3. The van der Waals surface area contributed by atoms with Crippen LogP contribution in [-0.4, -0.2) is 30.9 Å². The Balaban J connectivity index is 2.27. The minimum absolute atomic E-state index is 0.0416. The van der Waals surface area contributed by atoms with Crippen LogP contribution in [0, 0.1) is 5.92 Å². The van der Waals surface area contributed by atoms with Crippen LogP contribution in [-0.2, 0) is 14.4 Å². The van der Waals surface area contributed by atoms with Crippen LogP contribution < -0.4 is 0 Å². The fraction of sp³-hybridized carbons (Fsp3) is 0.667. The Morgan fingerprint density at radius 2 is 2.30 bits per heavy atom. The molecule has 0 spiro atoms. The van der Waals surface area contributed by atoms with Gasteiger partial charge >= 0.3 is 6.47 Å². The number of hydroxylamine groups is 2. The molecule has 0 amide bonds. The maximum atomic E-state index is 10.2. The maximum absolute atomic E-state index is 10.2. The summed E-state index contributed by atoms with van der Waals surface area (Å²) >= 11 is 0. The molecule has 1 fully saturated rings. The first-order valence-corrected chi connectivity index (χ1v) is 3.17. The number of nitrogens with zero attached hydrogens (tertiary/aromatic N) is 1. The Morgan fingerprint density at radius 3 is 2.80 bits per heavy atom. The van der Waals surface area contributed by atoms with Crippen LogP contribution in [0.25, 0.3) is 0 Å². The third kappa shape index (κ3) is 1.54. The lowest BCUT2D eigenvalue weighted by Crippen LogP contribution is -2.20. The summed E-state index contributed by atoms with van der Waals surface area (Å²) in [5, 5.41) is 1.49. The third-order valence-corrected chi connectivity index (χ3v) is 1.57. The molecule has 0 N–H and O–H groups in total. The van der Waals surface area contributed by atoms with E-state index in [9.17, 15) is 9.59 Å². The van der Waals surface area contributed by atoms with Crippen molar-refractivity contribution in [2.24, 2.45) is 5.92 Å². The molecule has 1 rings (SSSR count). The van der Waals surface area contributed by atoms with Crippen LogP contribution in [0.3, 0.4) is 0 Å². The van der Waals surface area contributed by atoms with Gasteiger partial charge in [-0.2, -0.15) is 0 Å². The van der Waals surface area contributed by atoms with Gasteiger partial charge in [0.15, 0.2) is 0 Å². The van der Waals surface area contributed by atoms with Gasteiger partial charge in [-0.25, -0.2) is 0 Å². The zero-order valence-electron chi connectivity index (χ0n) is 5.53. The molecule has 0 aliphatic carbocycles. The number of carbonyl (C=O) groups is 2. The van der Waals surface area contributed by atoms with Crippen LogP contribution in [0.5, 0.6) is 0 Å². The molecule has 0 aromatic carbocycles. The summed E-state index contributed by atoms with van der Waals surface area (Å²) in [4.78, 5) is 24.5. The van der Waals surface area contributed by atoms with Crippen LogP contribution in [0.4, 0.5) is 0 Å². The standard InChI is InChI=1S/C6H9NO3/c8-4-6-1-2-7(3-6)10-5-9/h4-6H,1-3H2. The Hall–Kier alpha value is -0.900. The van der Waals surface area contributed by atoms with Crippen molar-refractivity contribution >= 4 is 12.8 Å². The van der Waals surface area contributed by atoms with Crippen molar-refractivity contribution in [1.82, 2.24) is 5.06 Å². The first-order valence-electron chi connectivity index (χ1n) is 3.17. The number of carbonyl (C=O) groups excluding carboxylic acids is 2. The SMILES string of the molecule is O=CON1CCC(C=O)C1. The normalized spacial score (nSPS) is 26.2. The lowest BCUT2D eigenvalue weighted by molar-refractivity contribution is -0.168. The van der Waals surface area contributed by atoms with Crippen molar-refractivity contribution in [3.05, 3.63) is 0 Å². The van der Waals surface area contributed by atoms with Gasteiger partial charge in [0, 0.05) is 19.0 Å². The van der Waals surface area contributed by atoms with E-state index in [1.54, 1.807) is 0 Å². The lowest BCUT2D eigenvalue weighted by Gasteiger charge is -2.08. The molecular formula is C6H9NO3. The highest BCUT2D eigenvalue weighted by Gasteiger charge is 2.22. The van der Waals surface area contributed by atoms with Crippen molar-refractivity contribution in [1.29, 1.82) is 0 Å². The van der Waals surface area contributed by atoms with E-state index < -0.39 is 0 Å². The molecule has 1 aliphatic rings. The number of hydrogen-bond acceptors (Lipinski definition) is 4. The van der Waals surface area contributed by atoms with Gasteiger partial charge in [0.1, 0.15) is 6.29 Å². The Kier molecular flexibility index (Phi) is 2.39. The summed E-state index contributed by atoms with van der Waals surface area (Å²) in [5.74, 6) is 0.0416. The van der Waals surface area contributed by atoms with E-state index in [-0.39, 0.29) is 5.92 Å². The smallest absolute Gasteiger partial charge is 0.312 e. The minimum atomic E-state index is 0.0416. The lowest BCUT2D eigenvalue weighted by atomic mass is 10.1. The summed E-state index contributed by atoms with van der Waals surface area (Å²) in [7, 11) is 0. The predicted molar refractivity (Wildman–Crippen MR) is 32.9 cm³/mol. The molecule has 0 bridgehead atoms. The summed E-state index contributed by atoms with van der Waals surface area (Å²) in [6, 6.07) is 0. The van der Waals surface area contributed by atoms with Gasteiger partial charge in [0.25, 0.3) is 0 Å². The van der Waals surface area contributed by atoms with E-state index in [0.29, 0.717) is 19.6 Å². The number of hydrogen-bond donors (Lipinski definition) is 0. The highest BCUT2D eigenvalue weighted by Crippen LogP contribution is 2.12. The molecule has 1 unspecified atom stereocenters. The molecule has 0 radical (unpaired) electrons. The maximum Gasteiger partial charge on any atom is 0.312 e. The average molecular weight is 143 g/mol. The summed E-state index contributed by atoms with van der Waals surface area (Å²) < 4.78 is 0. The van der Waals surface area contributed by atoms with E-state index in [1.165, 1.54) is 5.06 Å². The first kappa shape index (κ1) is 7.21. The molecule has 1 aliphatic heterocycles. The number of aldehydes is 1. The van der Waals surface area contributed by atoms with Gasteiger partial charge in [-0.3, -0.25) is 4.79 Å². The van der Waals surface area contributed by atoms with E-state index >= 15 is 0 Å². The summed E-state index contributed by atoms with van der Waals surface area (Å²) in [5.41, 5.74) is 0. The van der Waals surface area contributed by atoms with Crippen molar-refractivity contribution < 1.29 is 14.4 Å². The van der Waals surface area contributed by atoms with E-state index in [4.69, 9.17) is 0 Å². The summed E-state index contributed by atoms with van der Waals surface area (Å²) in [6.45, 7) is 1.59. The monoisotopic (exact) mass is 143 g/mol. The highest BCUT2D eigenvalue weighted by atomic mass is 16.7. The van der Waals surface area contributed by atoms with E-state index in [1.807, 2.05) is 0 Å². The second-order valence-electron chi connectivity index (χ2n) is 2.27. The van der Waals surface area contributed by atoms with Gasteiger partial charge in [0.2, 0.25) is 0 Å². The summed E-state index contributed by atoms with van der Waals surface area (Å²) in [6.07, 6.45) is 1.69. The second-order valence-corrected chi connectivity index (χ2v) is 2.27. The van der Waals surface area contributed by atoms with Crippen molar-refractivity contribution in [3.8, 4) is 0 Å².